The van der Waals surface area contributed by atoms with Crippen molar-refractivity contribution in [1.82, 2.24) is 0 Å². The van der Waals surface area contributed by atoms with Gasteiger partial charge >= 0.3 is 5.97 Å². The maximum atomic E-state index is 11.3. The van der Waals surface area contributed by atoms with E-state index in [1.807, 2.05) is 12.3 Å². The van der Waals surface area contributed by atoms with Gasteiger partial charge in [-0.2, -0.15) is 0 Å². The van der Waals surface area contributed by atoms with Crippen LogP contribution in [0.2, 0.25) is 0 Å². The van der Waals surface area contributed by atoms with E-state index in [1.165, 1.54) is 11.8 Å². The van der Waals surface area contributed by atoms with E-state index in [0.29, 0.717) is 5.69 Å². The first-order chi connectivity index (χ1) is 7.43. The molecular formula is C9H11NO4S2. The molecule has 1 rings (SSSR count). The smallest absolute Gasteiger partial charge is 0.320 e. The summed E-state index contributed by atoms with van der Waals surface area (Å²) < 4.78 is 24.8. The molecule has 0 unspecified atom stereocenters. The van der Waals surface area contributed by atoms with E-state index in [0.717, 1.165) is 4.90 Å². The number of hydrogen-bond acceptors (Lipinski definition) is 4. The van der Waals surface area contributed by atoms with Gasteiger partial charge in [-0.25, -0.2) is 8.42 Å². The zero-order chi connectivity index (χ0) is 12.2. The topological polar surface area (TPSA) is 83.5 Å². The molecule has 0 bridgehead atoms. The van der Waals surface area contributed by atoms with E-state index in [1.54, 1.807) is 18.2 Å². The van der Waals surface area contributed by atoms with E-state index < -0.39 is 21.7 Å². The minimum absolute atomic E-state index is 0.369. The van der Waals surface area contributed by atoms with Crippen LogP contribution in [0.1, 0.15) is 0 Å². The summed E-state index contributed by atoms with van der Waals surface area (Å²) in [6, 6.07) is 6.74. The molecule has 0 aliphatic heterocycles. The lowest BCUT2D eigenvalue weighted by atomic mass is 10.3. The predicted molar refractivity (Wildman–Crippen MR) is 63.3 cm³/mol. The van der Waals surface area contributed by atoms with E-state index in [4.69, 9.17) is 5.11 Å². The van der Waals surface area contributed by atoms with E-state index in [2.05, 4.69) is 4.72 Å². The van der Waals surface area contributed by atoms with Crippen LogP contribution in [-0.2, 0) is 14.8 Å². The predicted octanol–water partition coefficient (Wildman–Crippen LogP) is 1.23. The number of rotatable bonds is 5. The summed E-state index contributed by atoms with van der Waals surface area (Å²) in [5.41, 5.74) is 0.369. The molecule has 5 nitrogen and oxygen atoms in total. The molecule has 0 aromatic heterocycles. The van der Waals surface area contributed by atoms with Gasteiger partial charge < -0.3 is 5.11 Å². The molecule has 7 heteroatoms. The average molecular weight is 261 g/mol. The van der Waals surface area contributed by atoms with E-state index in [-0.39, 0.29) is 0 Å². The second kappa shape index (κ2) is 5.22. The van der Waals surface area contributed by atoms with Crippen molar-refractivity contribution in [2.75, 3.05) is 16.7 Å². The van der Waals surface area contributed by atoms with Crippen molar-refractivity contribution < 1.29 is 18.3 Å². The van der Waals surface area contributed by atoms with Crippen LogP contribution in [0.3, 0.4) is 0 Å². The van der Waals surface area contributed by atoms with Gasteiger partial charge in [-0.3, -0.25) is 9.52 Å². The van der Waals surface area contributed by atoms with Gasteiger partial charge in [-0.05, 0) is 24.5 Å². The third-order valence-electron chi connectivity index (χ3n) is 1.66. The molecule has 0 saturated heterocycles. The van der Waals surface area contributed by atoms with Crippen molar-refractivity contribution in [3.63, 3.8) is 0 Å². The van der Waals surface area contributed by atoms with Crippen LogP contribution in [0.4, 0.5) is 5.69 Å². The highest BCUT2D eigenvalue weighted by molar-refractivity contribution is 7.98. The van der Waals surface area contributed by atoms with Gasteiger partial charge in [0.15, 0.2) is 5.75 Å². The second-order valence-electron chi connectivity index (χ2n) is 2.99. The molecule has 1 aromatic rings. The molecule has 1 aromatic carbocycles. The Morgan fingerprint density at radius 1 is 1.50 bits per heavy atom. The molecule has 0 spiro atoms. The van der Waals surface area contributed by atoms with Crippen molar-refractivity contribution in [3.8, 4) is 0 Å². The van der Waals surface area contributed by atoms with Crippen LogP contribution in [-0.4, -0.2) is 31.5 Å². The fourth-order valence-electron chi connectivity index (χ4n) is 1.06. The summed E-state index contributed by atoms with van der Waals surface area (Å²) in [7, 11) is -3.82. The Hall–Kier alpha value is -1.21. The van der Waals surface area contributed by atoms with Crippen LogP contribution in [0.15, 0.2) is 29.2 Å². The SMILES string of the molecule is CSc1cccc(NS(=O)(=O)CC(=O)O)c1. The summed E-state index contributed by atoms with van der Waals surface area (Å²) in [5, 5.41) is 8.40. The number of anilines is 1. The third kappa shape index (κ3) is 4.11. The van der Waals surface area contributed by atoms with Gasteiger partial charge in [0.1, 0.15) is 0 Å². The van der Waals surface area contributed by atoms with Crippen molar-refractivity contribution in [2.24, 2.45) is 0 Å². The summed E-state index contributed by atoms with van der Waals surface area (Å²) in [6.07, 6.45) is 1.87. The van der Waals surface area contributed by atoms with Crippen molar-refractivity contribution >= 4 is 33.4 Å². The Balaban J connectivity index is 2.83. The number of benzene rings is 1. The Morgan fingerprint density at radius 2 is 2.19 bits per heavy atom. The summed E-state index contributed by atoms with van der Waals surface area (Å²) in [4.78, 5) is 11.2. The van der Waals surface area contributed by atoms with Gasteiger partial charge in [-0.1, -0.05) is 6.07 Å². The van der Waals surface area contributed by atoms with E-state index >= 15 is 0 Å². The molecular weight excluding hydrogens is 250 g/mol. The standard InChI is InChI=1S/C9H11NO4S2/c1-15-8-4-2-3-7(5-8)10-16(13,14)6-9(11)12/h2-5,10H,6H2,1H3,(H,11,12). The number of nitrogens with one attached hydrogen (secondary N) is 1. The first-order valence-corrected chi connectivity index (χ1v) is 7.17. The molecule has 0 saturated carbocycles. The van der Waals surface area contributed by atoms with Crippen LogP contribution >= 0.6 is 11.8 Å². The normalized spacial score (nSPS) is 11.1. The fourth-order valence-corrected chi connectivity index (χ4v) is 2.41. The Bertz CT molecular complexity index is 484. The summed E-state index contributed by atoms with van der Waals surface area (Å²) >= 11 is 1.47. The molecule has 0 amide bonds. The summed E-state index contributed by atoms with van der Waals surface area (Å²) in [5.74, 6) is -2.32. The number of carbonyl (C=O) groups is 1. The van der Waals surface area contributed by atoms with Gasteiger partial charge in [0.25, 0.3) is 0 Å². The van der Waals surface area contributed by atoms with Gasteiger partial charge in [0.2, 0.25) is 10.0 Å². The van der Waals surface area contributed by atoms with Crippen molar-refractivity contribution in [2.45, 2.75) is 4.90 Å². The quantitative estimate of drug-likeness (QED) is 0.779. The minimum Gasteiger partial charge on any atom is -0.480 e. The van der Waals surface area contributed by atoms with Gasteiger partial charge in [0, 0.05) is 10.6 Å². The monoisotopic (exact) mass is 261 g/mol. The second-order valence-corrected chi connectivity index (χ2v) is 5.59. The van der Waals surface area contributed by atoms with Crippen LogP contribution in [0, 0.1) is 0 Å². The molecule has 0 radical (unpaired) electrons. The largest absolute Gasteiger partial charge is 0.480 e. The zero-order valence-electron chi connectivity index (χ0n) is 8.50. The van der Waals surface area contributed by atoms with Crippen molar-refractivity contribution in [1.29, 1.82) is 0 Å². The lowest BCUT2D eigenvalue weighted by molar-refractivity contribution is -0.134. The van der Waals surface area contributed by atoms with Crippen molar-refractivity contribution in [3.05, 3.63) is 24.3 Å². The molecule has 0 heterocycles. The van der Waals surface area contributed by atoms with E-state index in [9.17, 15) is 13.2 Å². The zero-order valence-corrected chi connectivity index (χ0v) is 10.1. The van der Waals surface area contributed by atoms with Crippen LogP contribution in [0.5, 0.6) is 0 Å². The first kappa shape index (κ1) is 12.9. The average Bonchev–Trinajstić information content (AvgIpc) is 2.15. The molecule has 0 aliphatic carbocycles. The fraction of sp³-hybridized carbons (Fsp3) is 0.222. The van der Waals surface area contributed by atoms with Crippen LogP contribution in [0.25, 0.3) is 0 Å². The molecule has 16 heavy (non-hydrogen) atoms. The first-order valence-electron chi connectivity index (χ1n) is 4.29. The molecule has 2 N–H and O–H groups in total. The van der Waals surface area contributed by atoms with Gasteiger partial charge in [0.05, 0.1) is 0 Å². The maximum absolute atomic E-state index is 11.3. The van der Waals surface area contributed by atoms with Gasteiger partial charge in [-0.15, -0.1) is 11.8 Å². The number of carboxylic acids is 1. The lowest BCUT2D eigenvalue weighted by Crippen LogP contribution is -2.22. The number of hydrogen-bond donors (Lipinski definition) is 2. The molecule has 0 atom stereocenters. The highest BCUT2D eigenvalue weighted by Gasteiger charge is 2.15. The lowest BCUT2D eigenvalue weighted by Gasteiger charge is -2.06. The van der Waals surface area contributed by atoms with Crippen LogP contribution < -0.4 is 4.72 Å². The number of thioether (sulfide) groups is 1. The minimum atomic E-state index is -3.82. The number of sulfonamides is 1. The number of aliphatic carboxylic acids is 1. The molecule has 0 fully saturated rings. The molecule has 0 aliphatic rings. The Kier molecular flexibility index (Phi) is 4.19. The highest BCUT2D eigenvalue weighted by Crippen LogP contribution is 2.19. The maximum Gasteiger partial charge on any atom is 0.320 e. The third-order valence-corrected chi connectivity index (χ3v) is 3.56. The Labute approximate surface area is 97.9 Å². The Morgan fingerprint density at radius 3 is 2.75 bits per heavy atom. The number of carboxylic acid groups (broad SMARTS) is 1. The highest BCUT2D eigenvalue weighted by atomic mass is 32.2. The molecule has 88 valence electrons. The summed E-state index contributed by atoms with van der Waals surface area (Å²) in [6.45, 7) is 0.